The van der Waals surface area contributed by atoms with Gasteiger partial charge in [-0.1, -0.05) is 0 Å². The minimum Gasteiger partial charge on any atom is -2.00 e. The Morgan fingerprint density at radius 3 is 0.500 bits per heavy atom. The van der Waals surface area contributed by atoms with E-state index in [-0.39, 0.29) is 70.1 Å². The van der Waals surface area contributed by atoms with Gasteiger partial charge in [0, 0.05) is 0 Å². The summed E-state index contributed by atoms with van der Waals surface area (Å²) in [7, 11) is 0. The van der Waals surface area contributed by atoms with Gasteiger partial charge in [0.2, 0.25) is 0 Å². The predicted octanol–water partition coefficient (Wildman–Crippen LogP) is -0.859. The molecule has 0 aliphatic carbocycles. The fourth-order valence-corrected chi connectivity index (χ4v) is 0. The molecule has 0 saturated heterocycles. The van der Waals surface area contributed by atoms with Crippen LogP contribution in [-0.4, -0.2) is 25.8 Å². The van der Waals surface area contributed by atoms with Crippen LogP contribution < -0.4 is 0 Å². The molecule has 0 aromatic carbocycles. The van der Waals surface area contributed by atoms with Crippen molar-refractivity contribution < 1.29 is 44.3 Å². The van der Waals surface area contributed by atoms with Crippen molar-refractivity contribution in [1.29, 1.82) is 0 Å². The van der Waals surface area contributed by atoms with Crippen molar-refractivity contribution in [3.8, 4) is 0 Å². The quantitative estimate of drug-likeness (QED) is 0.510. The Morgan fingerprint density at radius 2 is 0.500 bits per heavy atom. The molecule has 0 bridgehead atoms. The molecule has 6 heavy (non-hydrogen) atoms. The van der Waals surface area contributed by atoms with Crippen LogP contribution in [0.1, 0.15) is 0 Å². The zero-order valence-corrected chi connectivity index (χ0v) is 8.15. The van der Waals surface area contributed by atoms with Gasteiger partial charge in [0.25, 0.3) is 0 Å². The molecule has 0 atom stereocenters. The Labute approximate surface area is 69.8 Å². The van der Waals surface area contributed by atoms with E-state index in [9.17, 15) is 0 Å². The average molecular weight is 272 g/mol. The summed E-state index contributed by atoms with van der Waals surface area (Å²) in [6.45, 7) is 0. The van der Waals surface area contributed by atoms with E-state index in [0.29, 0.717) is 0 Å². The molecule has 0 rings (SSSR count). The molecule has 32 valence electrons. The molecule has 0 amide bonds. The van der Waals surface area contributed by atoms with E-state index < -0.39 is 0 Å². The van der Waals surface area contributed by atoms with E-state index >= 15 is 0 Å². The topological polar surface area (TPSA) is 114 Å². The van der Waals surface area contributed by atoms with Crippen molar-refractivity contribution in [3.05, 3.63) is 0 Å². The molecule has 0 fully saturated rings. The molecule has 0 aromatic heterocycles. The summed E-state index contributed by atoms with van der Waals surface area (Å²) in [4.78, 5) is 0. The van der Waals surface area contributed by atoms with Crippen LogP contribution in [0.2, 0.25) is 0 Å². The Bertz CT molecular complexity index is 7.51. The van der Waals surface area contributed by atoms with E-state index in [2.05, 4.69) is 0 Å². The maximum Gasteiger partial charge on any atom is 5.00 e. The summed E-state index contributed by atoms with van der Waals surface area (Å²) in [6, 6.07) is 0. The van der Waals surface area contributed by atoms with Gasteiger partial charge in [0.05, 0.1) is 0 Å². The molecular formula is InNbO4. The molecule has 0 unspecified atom stereocenters. The first-order valence-corrected chi connectivity index (χ1v) is 0. The van der Waals surface area contributed by atoms with Gasteiger partial charge in [-0.05, 0) is 0 Å². The minimum absolute atomic E-state index is 0. The summed E-state index contributed by atoms with van der Waals surface area (Å²) in [5.41, 5.74) is 0. The zero-order valence-electron chi connectivity index (χ0n) is 2.66. The van der Waals surface area contributed by atoms with Gasteiger partial charge in [0.1, 0.15) is 0 Å². The van der Waals surface area contributed by atoms with Crippen LogP contribution in [0.3, 0.4) is 0 Å². The van der Waals surface area contributed by atoms with Gasteiger partial charge in [-0.2, -0.15) is 0 Å². The summed E-state index contributed by atoms with van der Waals surface area (Å²) < 4.78 is 0. The van der Waals surface area contributed by atoms with Crippen LogP contribution >= 0.6 is 0 Å². The number of rotatable bonds is 0. The monoisotopic (exact) mass is 272 g/mol. The average Bonchev–Trinajstić information content (AvgIpc) is 0. The molecule has 0 aliphatic heterocycles. The normalized spacial score (nSPS) is 0. The Morgan fingerprint density at radius 1 is 0.500 bits per heavy atom. The van der Waals surface area contributed by atoms with Crippen LogP contribution in [0.15, 0.2) is 0 Å². The van der Waals surface area contributed by atoms with Crippen LogP contribution in [0.5, 0.6) is 0 Å². The van der Waals surface area contributed by atoms with Gasteiger partial charge in [0.15, 0.2) is 0 Å². The van der Waals surface area contributed by atoms with Crippen molar-refractivity contribution in [2.24, 2.45) is 0 Å². The van der Waals surface area contributed by atoms with Gasteiger partial charge < -0.3 is 21.9 Å². The summed E-state index contributed by atoms with van der Waals surface area (Å²) in [5, 5.41) is 0. The van der Waals surface area contributed by atoms with Gasteiger partial charge in [-0.3, -0.25) is 0 Å². The third-order valence-electron chi connectivity index (χ3n) is 0. The number of hydrogen-bond acceptors (Lipinski definition) is 0. The molecule has 0 heterocycles. The van der Waals surface area contributed by atoms with Crippen molar-refractivity contribution in [2.75, 3.05) is 0 Å². The van der Waals surface area contributed by atoms with E-state index in [4.69, 9.17) is 0 Å². The standard InChI is InChI=1S/In.Nb.4O/q+3;+5;4*-2. The maximum atomic E-state index is 0. The van der Waals surface area contributed by atoms with E-state index in [1.54, 1.807) is 0 Å². The van der Waals surface area contributed by atoms with Crippen molar-refractivity contribution >= 4 is 25.8 Å². The molecule has 4 nitrogen and oxygen atoms in total. The first kappa shape index (κ1) is 147. The van der Waals surface area contributed by atoms with E-state index in [0.717, 1.165) is 0 Å². The molecule has 0 radical (unpaired) electrons. The van der Waals surface area contributed by atoms with Crippen molar-refractivity contribution in [1.82, 2.24) is 0 Å². The first-order valence-electron chi connectivity index (χ1n) is 0. The molecule has 0 N–H and O–H groups in total. The second-order valence-electron chi connectivity index (χ2n) is 0. The Hall–Kier alpha value is 1.45. The third kappa shape index (κ3) is 51.3. The van der Waals surface area contributed by atoms with Gasteiger partial charge >= 0.3 is 48.2 Å². The van der Waals surface area contributed by atoms with Crippen LogP contribution in [-0.2, 0) is 44.3 Å². The molecule has 0 saturated carbocycles. The second kappa shape index (κ2) is 91.1. The largest absolute Gasteiger partial charge is 5.00 e. The van der Waals surface area contributed by atoms with Crippen LogP contribution in [0.25, 0.3) is 0 Å². The Balaban J connectivity index is 0. The van der Waals surface area contributed by atoms with Crippen LogP contribution in [0, 0.1) is 0 Å². The molecule has 0 spiro atoms. The van der Waals surface area contributed by atoms with E-state index in [1.807, 2.05) is 0 Å². The fourth-order valence-electron chi connectivity index (χ4n) is 0. The smallest absolute Gasteiger partial charge is 2.00 e. The zero-order chi connectivity index (χ0) is 0. The summed E-state index contributed by atoms with van der Waals surface area (Å²) in [6.07, 6.45) is 0. The maximum absolute atomic E-state index is 0. The fraction of sp³-hybridized carbons (Fsp3) is 0. The Kier molecular flexibility index (Phi) is 2240. The predicted molar refractivity (Wildman–Crippen MR) is 8.50 cm³/mol. The minimum atomic E-state index is 0. The molecule has 0 aromatic rings. The molecule has 6 heteroatoms. The summed E-state index contributed by atoms with van der Waals surface area (Å²) >= 11 is 0. The number of hydrogen-bond donors (Lipinski definition) is 0. The van der Waals surface area contributed by atoms with Gasteiger partial charge in [-0.25, -0.2) is 0 Å². The molecule has 0 aliphatic rings. The summed E-state index contributed by atoms with van der Waals surface area (Å²) in [5.74, 6) is 0. The van der Waals surface area contributed by atoms with Crippen LogP contribution in [0.4, 0.5) is 0 Å². The SMILES string of the molecule is [In+3].[Nb+5].[O-2].[O-2].[O-2].[O-2]. The van der Waals surface area contributed by atoms with E-state index in [1.165, 1.54) is 0 Å². The van der Waals surface area contributed by atoms with Gasteiger partial charge in [-0.15, -0.1) is 0 Å². The third-order valence-corrected chi connectivity index (χ3v) is 0. The first-order chi connectivity index (χ1) is 0. The second-order valence-corrected chi connectivity index (χ2v) is 0. The van der Waals surface area contributed by atoms with Crippen molar-refractivity contribution in [2.45, 2.75) is 0 Å². The molecular weight excluding hydrogens is 272 g/mol. The van der Waals surface area contributed by atoms with Crippen molar-refractivity contribution in [3.63, 3.8) is 0 Å².